The van der Waals surface area contributed by atoms with Crippen LogP contribution in [0.3, 0.4) is 0 Å². The van der Waals surface area contributed by atoms with E-state index in [9.17, 15) is 4.79 Å². The number of carbonyl (C=O) groups excluding carboxylic acids is 1. The van der Waals surface area contributed by atoms with Gasteiger partial charge in [-0.1, -0.05) is 0 Å². The number of carbonyl (C=O) groups is 1. The predicted molar refractivity (Wildman–Crippen MR) is 63.1 cm³/mol. The van der Waals surface area contributed by atoms with Gasteiger partial charge in [0.2, 0.25) is 0 Å². The van der Waals surface area contributed by atoms with Crippen molar-refractivity contribution in [3.63, 3.8) is 0 Å². The molecule has 5 heteroatoms. The van der Waals surface area contributed by atoms with Crippen LogP contribution < -0.4 is 15.2 Å². The molecular formula is C12H17NO4. The van der Waals surface area contributed by atoms with Crippen LogP contribution in [0.25, 0.3) is 0 Å². The van der Waals surface area contributed by atoms with Gasteiger partial charge < -0.3 is 19.9 Å². The highest BCUT2D eigenvalue weighted by Gasteiger charge is 2.21. The van der Waals surface area contributed by atoms with E-state index in [0.717, 1.165) is 0 Å². The smallest absolute Gasteiger partial charge is 0.327 e. The summed E-state index contributed by atoms with van der Waals surface area (Å²) in [6.45, 7) is 2.02. The molecule has 0 radical (unpaired) electrons. The first-order valence-corrected chi connectivity index (χ1v) is 5.28. The van der Waals surface area contributed by atoms with Gasteiger partial charge in [0, 0.05) is 5.56 Å². The van der Waals surface area contributed by atoms with Crippen molar-refractivity contribution in [2.45, 2.75) is 13.0 Å². The Morgan fingerprint density at radius 3 is 2.59 bits per heavy atom. The van der Waals surface area contributed by atoms with Crippen LogP contribution in [0, 0.1) is 0 Å². The molecule has 0 bridgehead atoms. The molecular weight excluding hydrogens is 222 g/mol. The number of esters is 1. The Morgan fingerprint density at radius 2 is 2.06 bits per heavy atom. The number of ether oxygens (including phenoxy) is 3. The molecule has 1 atom stereocenters. The summed E-state index contributed by atoms with van der Waals surface area (Å²) >= 11 is 0. The molecule has 94 valence electrons. The summed E-state index contributed by atoms with van der Waals surface area (Å²) in [6.07, 6.45) is 0. The van der Waals surface area contributed by atoms with Crippen LogP contribution in [0.5, 0.6) is 11.5 Å². The van der Waals surface area contributed by atoms with Crippen LogP contribution in [0.15, 0.2) is 18.2 Å². The van der Waals surface area contributed by atoms with Crippen molar-refractivity contribution in [2.75, 3.05) is 20.8 Å². The molecule has 1 rings (SSSR count). The van der Waals surface area contributed by atoms with E-state index < -0.39 is 12.0 Å². The third-order valence-electron chi connectivity index (χ3n) is 2.31. The molecule has 5 nitrogen and oxygen atoms in total. The molecule has 0 saturated carbocycles. The van der Waals surface area contributed by atoms with Gasteiger partial charge in [-0.15, -0.1) is 0 Å². The predicted octanol–water partition coefficient (Wildman–Crippen LogP) is 1.27. The molecule has 0 aromatic heterocycles. The highest BCUT2D eigenvalue weighted by Crippen LogP contribution is 2.28. The van der Waals surface area contributed by atoms with Gasteiger partial charge in [-0.2, -0.15) is 0 Å². The fourth-order valence-corrected chi connectivity index (χ4v) is 1.44. The van der Waals surface area contributed by atoms with Crippen LogP contribution in [-0.4, -0.2) is 26.8 Å². The molecule has 0 spiro atoms. The van der Waals surface area contributed by atoms with Crippen molar-refractivity contribution >= 4 is 5.97 Å². The topological polar surface area (TPSA) is 70.8 Å². The van der Waals surface area contributed by atoms with Crippen LogP contribution >= 0.6 is 0 Å². The number of hydrogen-bond donors (Lipinski definition) is 1. The van der Waals surface area contributed by atoms with Crippen molar-refractivity contribution in [3.05, 3.63) is 23.8 Å². The molecule has 1 unspecified atom stereocenters. The average molecular weight is 239 g/mol. The maximum absolute atomic E-state index is 11.6. The second-order valence-corrected chi connectivity index (χ2v) is 3.34. The molecule has 0 aliphatic rings. The van der Waals surface area contributed by atoms with Crippen molar-refractivity contribution in [3.8, 4) is 11.5 Å². The molecule has 0 fully saturated rings. The molecule has 0 saturated heterocycles. The van der Waals surface area contributed by atoms with E-state index >= 15 is 0 Å². The monoisotopic (exact) mass is 239 g/mol. The minimum Gasteiger partial charge on any atom is -0.497 e. The van der Waals surface area contributed by atoms with E-state index in [1.165, 1.54) is 7.11 Å². The lowest BCUT2D eigenvalue weighted by atomic mass is 10.1. The second kappa shape index (κ2) is 6.10. The fourth-order valence-electron chi connectivity index (χ4n) is 1.44. The summed E-state index contributed by atoms with van der Waals surface area (Å²) < 4.78 is 15.1. The van der Waals surface area contributed by atoms with Gasteiger partial charge in [-0.05, 0) is 25.1 Å². The molecule has 1 aromatic rings. The van der Waals surface area contributed by atoms with Gasteiger partial charge >= 0.3 is 5.97 Å². The van der Waals surface area contributed by atoms with Gasteiger partial charge in [0.15, 0.2) is 0 Å². The van der Waals surface area contributed by atoms with Crippen molar-refractivity contribution < 1.29 is 19.0 Å². The zero-order chi connectivity index (χ0) is 12.8. The minimum atomic E-state index is -0.875. The zero-order valence-corrected chi connectivity index (χ0v) is 10.2. The Morgan fingerprint density at radius 1 is 1.35 bits per heavy atom. The Bertz CT molecular complexity index is 392. The van der Waals surface area contributed by atoms with E-state index in [2.05, 4.69) is 0 Å². The number of methoxy groups -OCH3 is 2. The number of rotatable bonds is 5. The van der Waals surface area contributed by atoms with Crippen LogP contribution in [0.1, 0.15) is 18.5 Å². The van der Waals surface area contributed by atoms with Crippen LogP contribution in [-0.2, 0) is 9.53 Å². The molecule has 0 aliphatic heterocycles. The fraction of sp³-hybridized carbons (Fsp3) is 0.417. The number of nitrogens with two attached hydrogens (primary N) is 1. The second-order valence-electron chi connectivity index (χ2n) is 3.34. The summed E-state index contributed by atoms with van der Waals surface area (Å²) in [7, 11) is 3.06. The normalized spacial score (nSPS) is 11.8. The van der Waals surface area contributed by atoms with E-state index in [4.69, 9.17) is 19.9 Å². The highest BCUT2D eigenvalue weighted by molar-refractivity contribution is 5.78. The Balaban J connectivity index is 3.04. The highest BCUT2D eigenvalue weighted by atomic mass is 16.5. The van der Waals surface area contributed by atoms with Gasteiger partial charge in [-0.3, -0.25) is 0 Å². The minimum absolute atomic E-state index is 0.290. The molecule has 17 heavy (non-hydrogen) atoms. The molecule has 2 N–H and O–H groups in total. The first kappa shape index (κ1) is 13.3. The molecule has 1 aromatic carbocycles. The average Bonchev–Trinajstić information content (AvgIpc) is 2.37. The van der Waals surface area contributed by atoms with E-state index in [1.54, 1.807) is 32.2 Å². The molecule has 0 amide bonds. The first-order valence-electron chi connectivity index (χ1n) is 5.28. The molecule has 0 heterocycles. The lowest BCUT2D eigenvalue weighted by Gasteiger charge is -2.15. The van der Waals surface area contributed by atoms with Crippen molar-refractivity contribution in [1.29, 1.82) is 0 Å². The summed E-state index contributed by atoms with van der Waals surface area (Å²) in [5.41, 5.74) is 6.36. The Kier molecular flexibility index (Phi) is 4.78. The molecule has 0 aliphatic carbocycles. The largest absolute Gasteiger partial charge is 0.497 e. The standard InChI is InChI=1S/C12H17NO4/c1-4-17-12(14)11(13)9-7-8(15-2)5-6-10(9)16-3/h5-7,11H,4,13H2,1-3H3. The summed E-state index contributed by atoms with van der Waals surface area (Å²) in [6, 6.07) is 4.23. The Hall–Kier alpha value is -1.75. The summed E-state index contributed by atoms with van der Waals surface area (Å²) in [5.74, 6) is 0.658. The zero-order valence-electron chi connectivity index (χ0n) is 10.2. The van der Waals surface area contributed by atoms with Gasteiger partial charge in [0.05, 0.1) is 20.8 Å². The van der Waals surface area contributed by atoms with E-state index in [0.29, 0.717) is 23.7 Å². The van der Waals surface area contributed by atoms with Gasteiger partial charge in [0.25, 0.3) is 0 Å². The number of benzene rings is 1. The van der Waals surface area contributed by atoms with E-state index in [1.807, 2.05) is 0 Å². The third-order valence-corrected chi connectivity index (χ3v) is 2.31. The number of hydrogen-bond acceptors (Lipinski definition) is 5. The third kappa shape index (κ3) is 3.10. The van der Waals surface area contributed by atoms with Crippen molar-refractivity contribution in [1.82, 2.24) is 0 Å². The lowest BCUT2D eigenvalue weighted by Crippen LogP contribution is -2.24. The van der Waals surface area contributed by atoms with E-state index in [-0.39, 0.29) is 0 Å². The first-order chi connectivity index (χ1) is 8.13. The quantitative estimate of drug-likeness (QED) is 0.783. The maximum Gasteiger partial charge on any atom is 0.327 e. The van der Waals surface area contributed by atoms with Crippen LogP contribution in [0.2, 0.25) is 0 Å². The Labute approximate surface area is 100 Å². The maximum atomic E-state index is 11.6. The van der Waals surface area contributed by atoms with Gasteiger partial charge in [-0.25, -0.2) is 4.79 Å². The summed E-state index contributed by atoms with van der Waals surface area (Å²) in [4.78, 5) is 11.6. The van der Waals surface area contributed by atoms with Crippen LogP contribution in [0.4, 0.5) is 0 Å². The van der Waals surface area contributed by atoms with Gasteiger partial charge in [0.1, 0.15) is 17.5 Å². The SMILES string of the molecule is CCOC(=O)C(N)c1cc(OC)ccc1OC. The van der Waals surface area contributed by atoms with Crippen molar-refractivity contribution in [2.24, 2.45) is 5.73 Å². The summed E-state index contributed by atoms with van der Waals surface area (Å²) in [5, 5.41) is 0. The lowest BCUT2D eigenvalue weighted by molar-refractivity contribution is -0.144.